The lowest BCUT2D eigenvalue weighted by Crippen LogP contribution is -2.25. The highest BCUT2D eigenvalue weighted by molar-refractivity contribution is 5.66. The minimum absolute atomic E-state index is 0.818. The summed E-state index contributed by atoms with van der Waals surface area (Å²) in [6, 6.07) is 11.0. The molecule has 164 valence electrons. The van der Waals surface area contributed by atoms with Gasteiger partial charge in [0, 0.05) is 12.7 Å². The molecule has 0 radical (unpaired) electrons. The fourth-order valence-electron chi connectivity index (χ4n) is 4.03. The molecule has 0 bridgehead atoms. The van der Waals surface area contributed by atoms with Gasteiger partial charge in [-0.3, -0.25) is 4.98 Å². The van der Waals surface area contributed by atoms with Crippen LogP contribution in [0, 0.1) is 0 Å². The quantitative estimate of drug-likeness (QED) is 0.409. The van der Waals surface area contributed by atoms with Crippen LogP contribution in [-0.2, 0) is 25.8 Å². The molecule has 0 atom stereocenters. The summed E-state index contributed by atoms with van der Waals surface area (Å²) >= 11 is 0. The van der Waals surface area contributed by atoms with E-state index in [1.165, 1.54) is 47.2 Å². The topological polar surface area (TPSA) is 28.2 Å². The first-order chi connectivity index (χ1) is 14.6. The van der Waals surface area contributed by atoms with Gasteiger partial charge in [-0.05, 0) is 98.2 Å². The van der Waals surface area contributed by atoms with E-state index in [4.69, 9.17) is 0 Å². The molecule has 0 unspecified atom stereocenters. The van der Waals surface area contributed by atoms with Gasteiger partial charge in [0.05, 0.1) is 5.69 Å². The number of unbranched alkanes of at least 4 members (excludes halogenated alkanes) is 1. The van der Waals surface area contributed by atoms with Crippen LogP contribution >= 0.6 is 0 Å². The fraction of sp³-hybridized carbons (Fsp3) is 0.519. The summed E-state index contributed by atoms with van der Waals surface area (Å²) in [6.45, 7) is 18.7. The van der Waals surface area contributed by atoms with Gasteiger partial charge in [-0.15, -0.1) is 0 Å². The van der Waals surface area contributed by atoms with Crippen molar-refractivity contribution in [1.29, 1.82) is 0 Å². The highest BCUT2D eigenvalue weighted by Crippen LogP contribution is 2.24. The Morgan fingerprint density at radius 2 is 1.70 bits per heavy atom. The molecule has 1 heterocycles. The Kier molecular flexibility index (Phi) is 10.8. The Morgan fingerprint density at radius 3 is 2.33 bits per heavy atom. The van der Waals surface area contributed by atoms with E-state index in [0.29, 0.717) is 0 Å². The second-order valence-corrected chi connectivity index (χ2v) is 7.99. The van der Waals surface area contributed by atoms with E-state index in [1.54, 1.807) is 0 Å². The second kappa shape index (κ2) is 13.4. The molecule has 0 aliphatic carbocycles. The van der Waals surface area contributed by atoms with Crippen molar-refractivity contribution < 1.29 is 0 Å². The van der Waals surface area contributed by atoms with Crippen molar-refractivity contribution in [1.82, 2.24) is 15.2 Å². The van der Waals surface area contributed by atoms with Crippen molar-refractivity contribution in [2.75, 3.05) is 26.2 Å². The number of aromatic nitrogens is 1. The molecular formula is C27H41N3. The zero-order valence-electron chi connectivity index (χ0n) is 19.6. The molecule has 0 aliphatic heterocycles. The SMILES string of the molecule is C=C(Cc1c(CC)cccc1CC)c1ccnc(CNCCCCN(CC)CC)c1. The number of allylic oxidation sites excluding steroid dienone is 1. The van der Waals surface area contributed by atoms with Crippen LogP contribution in [0.25, 0.3) is 5.57 Å². The number of rotatable bonds is 14. The molecule has 0 saturated heterocycles. The van der Waals surface area contributed by atoms with Gasteiger partial charge in [-0.25, -0.2) is 0 Å². The van der Waals surface area contributed by atoms with Gasteiger partial charge < -0.3 is 10.2 Å². The maximum Gasteiger partial charge on any atom is 0.0547 e. The fourth-order valence-corrected chi connectivity index (χ4v) is 4.03. The average Bonchev–Trinajstić information content (AvgIpc) is 2.79. The van der Waals surface area contributed by atoms with E-state index < -0.39 is 0 Å². The minimum Gasteiger partial charge on any atom is -0.311 e. The summed E-state index contributed by atoms with van der Waals surface area (Å²) in [7, 11) is 0. The first kappa shape index (κ1) is 24.3. The lowest BCUT2D eigenvalue weighted by atomic mass is 9.90. The maximum absolute atomic E-state index is 4.56. The summed E-state index contributed by atoms with van der Waals surface area (Å²) in [6.07, 6.45) is 7.41. The summed E-state index contributed by atoms with van der Waals surface area (Å²) in [5.74, 6) is 0. The second-order valence-electron chi connectivity index (χ2n) is 7.99. The van der Waals surface area contributed by atoms with Crippen LogP contribution in [0.1, 0.15) is 68.5 Å². The Balaban J connectivity index is 1.89. The molecule has 3 heteroatoms. The molecule has 0 amide bonds. The van der Waals surface area contributed by atoms with E-state index in [2.05, 4.69) is 79.8 Å². The van der Waals surface area contributed by atoms with Crippen molar-refractivity contribution in [2.45, 2.75) is 66.3 Å². The van der Waals surface area contributed by atoms with Gasteiger partial charge in [-0.1, -0.05) is 52.5 Å². The lowest BCUT2D eigenvalue weighted by Gasteiger charge is -2.17. The number of nitrogens with zero attached hydrogens (tertiary/aromatic N) is 2. The number of benzene rings is 1. The molecule has 2 aromatic rings. The van der Waals surface area contributed by atoms with Crippen molar-refractivity contribution in [3.63, 3.8) is 0 Å². The van der Waals surface area contributed by atoms with E-state index >= 15 is 0 Å². The largest absolute Gasteiger partial charge is 0.311 e. The van der Waals surface area contributed by atoms with E-state index in [9.17, 15) is 0 Å². The molecule has 0 aliphatic rings. The summed E-state index contributed by atoms with van der Waals surface area (Å²) in [5, 5.41) is 3.55. The number of pyridine rings is 1. The van der Waals surface area contributed by atoms with Crippen molar-refractivity contribution >= 4 is 5.57 Å². The van der Waals surface area contributed by atoms with Crippen LogP contribution in [0.5, 0.6) is 0 Å². The predicted molar refractivity (Wildman–Crippen MR) is 131 cm³/mol. The summed E-state index contributed by atoms with van der Waals surface area (Å²) in [5.41, 5.74) is 7.81. The molecular weight excluding hydrogens is 366 g/mol. The van der Waals surface area contributed by atoms with Gasteiger partial charge in [-0.2, -0.15) is 0 Å². The number of hydrogen-bond acceptors (Lipinski definition) is 3. The maximum atomic E-state index is 4.56. The number of hydrogen-bond donors (Lipinski definition) is 1. The predicted octanol–water partition coefficient (Wildman–Crippen LogP) is 5.67. The van der Waals surface area contributed by atoms with Crippen LogP contribution in [0.4, 0.5) is 0 Å². The third-order valence-corrected chi connectivity index (χ3v) is 6.03. The summed E-state index contributed by atoms with van der Waals surface area (Å²) in [4.78, 5) is 7.04. The van der Waals surface area contributed by atoms with E-state index in [1.807, 2.05) is 6.20 Å². The number of aryl methyl sites for hydroxylation is 2. The zero-order valence-corrected chi connectivity index (χ0v) is 19.6. The molecule has 1 aromatic carbocycles. The van der Waals surface area contributed by atoms with Gasteiger partial charge in [0.2, 0.25) is 0 Å². The molecule has 3 nitrogen and oxygen atoms in total. The van der Waals surface area contributed by atoms with Crippen LogP contribution in [0.3, 0.4) is 0 Å². The van der Waals surface area contributed by atoms with Gasteiger partial charge in [0.1, 0.15) is 0 Å². The lowest BCUT2D eigenvalue weighted by molar-refractivity contribution is 0.296. The van der Waals surface area contributed by atoms with Crippen LogP contribution in [0.2, 0.25) is 0 Å². The normalized spacial score (nSPS) is 11.2. The van der Waals surface area contributed by atoms with Gasteiger partial charge >= 0.3 is 0 Å². The third-order valence-electron chi connectivity index (χ3n) is 6.03. The van der Waals surface area contributed by atoms with Gasteiger partial charge in [0.25, 0.3) is 0 Å². The molecule has 1 aromatic heterocycles. The molecule has 2 rings (SSSR count). The molecule has 0 spiro atoms. The third kappa shape index (κ3) is 7.37. The molecule has 30 heavy (non-hydrogen) atoms. The van der Waals surface area contributed by atoms with Crippen LogP contribution in [-0.4, -0.2) is 36.1 Å². The van der Waals surface area contributed by atoms with Crippen LogP contribution < -0.4 is 5.32 Å². The minimum atomic E-state index is 0.818. The Morgan fingerprint density at radius 1 is 1.00 bits per heavy atom. The first-order valence-corrected chi connectivity index (χ1v) is 11.8. The van der Waals surface area contributed by atoms with E-state index in [0.717, 1.165) is 51.1 Å². The Bertz CT molecular complexity index is 755. The first-order valence-electron chi connectivity index (χ1n) is 11.8. The monoisotopic (exact) mass is 407 g/mol. The smallest absolute Gasteiger partial charge is 0.0547 e. The molecule has 0 saturated carbocycles. The standard InChI is InChI=1S/C27H41N3/c1-6-23-13-12-14-24(7-2)27(23)19-22(5)25-15-17-29-26(20-25)21-28-16-10-11-18-30(8-3)9-4/h12-15,17,20,28H,5-11,16,18-19,21H2,1-4H3. The average molecular weight is 408 g/mol. The highest BCUT2D eigenvalue weighted by Gasteiger charge is 2.10. The number of nitrogens with one attached hydrogen (secondary N) is 1. The van der Waals surface area contributed by atoms with Crippen molar-refractivity contribution in [2.24, 2.45) is 0 Å². The Hall–Kier alpha value is -1.97. The Labute approximate surface area is 184 Å². The molecule has 0 fully saturated rings. The zero-order chi connectivity index (χ0) is 21.8. The van der Waals surface area contributed by atoms with Gasteiger partial charge in [0.15, 0.2) is 0 Å². The summed E-state index contributed by atoms with van der Waals surface area (Å²) < 4.78 is 0. The van der Waals surface area contributed by atoms with E-state index in [-0.39, 0.29) is 0 Å². The van der Waals surface area contributed by atoms with Crippen molar-refractivity contribution in [3.05, 3.63) is 71.1 Å². The highest BCUT2D eigenvalue weighted by atomic mass is 15.1. The van der Waals surface area contributed by atoms with Crippen molar-refractivity contribution in [3.8, 4) is 0 Å². The molecule has 1 N–H and O–H groups in total. The van der Waals surface area contributed by atoms with Crippen LogP contribution in [0.15, 0.2) is 43.1 Å².